The highest BCUT2D eigenvalue weighted by atomic mass is 16.5. The lowest BCUT2D eigenvalue weighted by atomic mass is 9.99. The molecule has 0 spiro atoms. The molecule has 22 heavy (non-hydrogen) atoms. The predicted octanol–water partition coefficient (Wildman–Crippen LogP) is 1.18. The van der Waals surface area contributed by atoms with Gasteiger partial charge in [0.1, 0.15) is 17.3 Å². The van der Waals surface area contributed by atoms with Crippen molar-refractivity contribution in [3.63, 3.8) is 0 Å². The summed E-state index contributed by atoms with van der Waals surface area (Å²) in [4.78, 5) is 23.3. The lowest BCUT2D eigenvalue weighted by Gasteiger charge is -2.14. The molecule has 1 aliphatic heterocycles. The minimum atomic E-state index is -0.756. The van der Waals surface area contributed by atoms with Crippen LogP contribution in [0.5, 0.6) is 0 Å². The molecular weight excluding hydrogens is 288 g/mol. The van der Waals surface area contributed by atoms with E-state index in [4.69, 9.17) is 9.15 Å². The smallest absolute Gasteiger partial charge is 0.347 e. The summed E-state index contributed by atoms with van der Waals surface area (Å²) < 4.78 is 10.8. The normalized spacial score (nSPS) is 24.8. The standard InChI is InChI=1S/C16H16O6/c1-8(18)10-5-11-9(3-2-4-13(11)22-16(10)20)14-6-12(19)15(7-17)21-14/h2-5,12,14-15,17,19H,6-7H2,1H3/t12?,14-,15-/m1/s1. The molecule has 1 saturated heterocycles. The van der Waals surface area contributed by atoms with E-state index in [1.165, 1.54) is 13.0 Å². The maximum atomic E-state index is 11.8. The molecule has 1 aliphatic rings. The maximum absolute atomic E-state index is 11.8. The van der Waals surface area contributed by atoms with Gasteiger partial charge in [0.05, 0.1) is 18.8 Å². The van der Waals surface area contributed by atoms with Gasteiger partial charge < -0.3 is 19.4 Å². The summed E-state index contributed by atoms with van der Waals surface area (Å²) in [5, 5.41) is 19.6. The number of ether oxygens (including phenoxy) is 1. The van der Waals surface area contributed by atoms with Crippen molar-refractivity contribution >= 4 is 16.8 Å². The first kappa shape index (κ1) is 14.9. The van der Waals surface area contributed by atoms with Crippen molar-refractivity contribution in [2.75, 3.05) is 6.61 Å². The van der Waals surface area contributed by atoms with Crippen LogP contribution >= 0.6 is 0 Å². The molecule has 2 heterocycles. The summed E-state index contributed by atoms with van der Waals surface area (Å²) in [5.41, 5.74) is 0.395. The molecule has 0 radical (unpaired) electrons. The second-order valence-corrected chi connectivity index (χ2v) is 5.41. The molecule has 2 aromatic rings. The van der Waals surface area contributed by atoms with Gasteiger partial charge in [-0.05, 0) is 24.6 Å². The van der Waals surface area contributed by atoms with Crippen molar-refractivity contribution in [1.29, 1.82) is 0 Å². The van der Waals surface area contributed by atoms with Gasteiger partial charge in [-0.2, -0.15) is 0 Å². The fraction of sp³-hybridized carbons (Fsp3) is 0.375. The first-order valence-electron chi connectivity index (χ1n) is 7.03. The molecule has 1 aromatic carbocycles. The summed E-state index contributed by atoms with van der Waals surface area (Å²) in [5.74, 6) is -0.369. The molecule has 1 fully saturated rings. The van der Waals surface area contributed by atoms with Gasteiger partial charge in [-0.3, -0.25) is 4.79 Å². The predicted molar refractivity (Wildman–Crippen MR) is 77.8 cm³/mol. The largest absolute Gasteiger partial charge is 0.422 e. The number of benzene rings is 1. The van der Waals surface area contributed by atoms with E-state index >= 15 is 0 Å². The molecule has 3 atom stereocenters. The van der Waals surface area contributed by atoms with E-state index in [9.17, 15) is 19.8 Å². The van der Waals surface area contributed by atoms with Crippen LogP contribution in [0.2, 0.25) is 0 Å². The van der Waals surface area contributed by atoms with Crippen LogP contribution < -0.4 is 5.63 Å². The molecule has 1 aromatic heterocycles. The van der Waals surface area contributed by atoms with Crippen molar-refractivity contribution in [3.8, 4) is 0 Å². The van der Waals surface area contributed by atoms with E-state index in [1.807, 2.05) is 0 Å². The number of fused-ring (bicyclic) bond motifs is 1. The Morgan fingerprint density at radius 3 is 2.82 bits per heavy atom. The average molecular weight is 304 g/mol. The summed E-state index contributed by atoms with van der Waals surface area (Å²) >= 11 is 0. The van der Waals surface area contributed by atoms with Gasteiger partial charge in [-0.1, -0.05) is 12.1 Å². The molecule has 2 N–H and O–H groups in total. The molecule has 3 rings (SSSR count). The van der Waals surface area contributed by atoms with Crippen LogP contribution in [0.4, 0.5) is 0 Å². The van der Waals surface area contributed by atoms with Crippen molar-refractivity contribution < 1.29 is 24.2 Å². The van der Waals surface area contributed by atoms with E-state index in [0.717, 1.165) is 5.56 Å². The Kier molecular flexibility index (Phi) is 3.82. The molecule has 0 aliphatic carbocycles. The van der Waals surface area contributed by atoms with Crippen LogP contribution in [0.15, 0.2) is 33.5 Å². The number of carbonyl (C=O) groups excluding carboxylic acids is 1. The van der Waals surface area contributed by atoms with Crippen molar-refractivity contribution in [1.82, 2.24) is 0 Å². The number of Topliss-reactive ketones (excluding diaryl/α,β-unsaturated/α-hetero) is 1. The molecule has 6 nitrogen and oxygen atoms in total. The van der Waals surface area contributed by atoms with Gasteiger partial charge >= 0.3 is 5.63 Å². The Labute approximate surface area is 125 Å². The Balaban J connectivity index is 2.12. The Bertz CT molecular complexity index is 778. The Morgan fingerprint density at radius 2 is 2.18 bits per heavy atom. The molecular formula is C16H16O6. The maximum Gasteiger partial charge on any atom is 0.347 e. The zero-order valence-corrected chi connectivity index (χ0v) is 12.0. The highest BCUT2D eigenvalue weighted by Gasteiger charge is 2.35. The van der Waals surface area contributed by atoms with E-state index in [2.05, 4.69) is 0 Å². The zero-order valence-electron chi connectivity index (χ0n) is 12.0. The van der Waals surface area contributed by atoms with Crippen LogP contribution in [0.3, 0.4) is 0 Å². The Morgan fingerprint density at radius 1 is 1.41 bits per heavy atom. The zero-order chi connectivity index (χ0) is 15.9. The number of carbonyl (C=O) groups is 1. The van der Waals surface area contributed by atoms with Crippen LogP contribution in [-0.4, -0.2) is 34.8 Å². The molecule has 6 heteroatoms. The number of hydrogen-bond donors (Lipinski definition) is 2. The topological polar surface area (TPSA) is 97.0 Å². The van der Waals surface area contributed by atoms with Gasteiger partial charge in [0, 0.05) is 11.8 Å². The lowest BCUT2D eigenvalue weighted by Crippen LogP contribution is -2.24. The summed E-state index contributed by atoms with van der Waals surface area (Å²) in [6.45, 7) is 1.04. The number of aliphatic hydroxyl groups is 2. The summed E-state index contributed by atoms with van der Waals surface area (Å²) in [7, 11) is 0. The first-order valence-corrected chi connectivity index (χ1v) is 7.03. The van der Waals surface area contributed by atoms with E-state index in [-0.39, 0.29) is 18.0 Å². The van der Waals surface area contributed by atoms with E-state index < -0.39 is 23.9 Å². The van der Waals surface area contributed by atoms with Gasteiger partial charge in [0.15, 0.2) is 5.78 Å². The number of ketones is 1. The third kappa shape index (κ3) is 2.45. The number of hydrogen-bond acceptors (Lipinski definition) is 6. The summed E-state index contributed by atoms with van der Waals surface area (Å²) in [6.07, 6.45) is -1.49. The van der Waals surface area contributed by atoms with Gasteiger partial charge in [-0.25, -0.2) is 4.79 Å². The number of aliphatic hydroxyl groups excluding tert-OH is 2. The minimum absolute atomic E-state index is 0.0165. The molecule has 1 unspecified atom stereocenters. The molecule has 0 bridgehead atoms. The first-order chi connectivity index (χ1) is 10.5. The van der Waals surface area contributed by atoms with Crippen LogP contribution in [0.1, 0.15) is 35.4 Å². The van der Waals surface area contributed by atoms with E-state index in [0.29, 0.717) is 17.4 Å². The minimum Gasteiger partial charge on any atom is -0.422 e. The molecule has 0 amide bonds. The van der Waals surface area contributed by atoms with Crippen molar-refractivity contribution in [3.05, 3.63) is 45.8 Å². The second-order valence-electron chi connectivity index (χ2n) is 5.41. The number of rotatable bonds is 3. The Hall–Kier alpha value is -2.02. The fourth-order valence-corrected chi connectivity index (χ4v) is 2.78. The monoisotopic (exact) mass is 304 g/mol. The highest BCUT2D eigenvalue weighted by Crippen LogP contribution is 2.36. The van der Waals surface area contributed by atoms with Crippen molar-refractivity contribution in [2.45, 2.75) is 31.7 Å². The van der Waals surface area contributed by atoms with Crippen LogP contribution in [-0.2, 0) is 4.74 Å². The molecule has 116 valence electrons. The summed E-state index contributed by atoms with van der Waals surface area (Å²) in [6, 6.07) is 6.65. The molecule has 0 saturated carbocycles. The fourth-order valence-electron chi connectivity index (χ4n) is 2.78. The van der Waals surface area contributed by atoms with Crippen LogP contribution in [0.25, 0.3) is 11.0 Å². The van der Waals surface area contributed by atoms with Gasteiger partial charge in [-0.15, -0.1) is 0 Å². The van der Waals surface area contributed by atoms with Gasteiger partial charge in [0.25, 0.3) is 0 Å². The third-order valence-electron chi connectivity index (χ3n) is 3.94. The quantitative estimate of drug-likeness (QED) is 0.653. The van der Waals surface area contributed by atoms with Gasteiger partial charge in [0.2, 0.25) is 0 Å². The highest BCUT2D eigenvalue weighted by molar-refractivity contribution is 5.97. The lowest BCUT2D eigenvalue weighted by molar-refractivity contribution is -0.0222. The van der Waals surface area contributed by atoms with Crippen LogP contribution in [0, 0.1) is 0 Å². The van der Waals surface area contributed by atoms with E-state index in [1.54, 1.807) is 18.2 Å². The average Bonchev–Trinajstić information content (AvgIpc) is 2.86. The SMILES string of the molecule is CC(=O)c1cc2c([C@H]3CC(O)[C@@H](CO)O3)cccc2oc1=O. The third-order valence-corrected chi connectivity index (χ3v) is 3.94. The van der Waals surface area contributed by atoms with Crippen molar-refractivity contribution in [2.24, 2.45) is 0 Å². The second kappa shape index (κ2) is 5.64.